The van der Waals surface area contributed by atoms with Crippen LogP contribution in [0.1, 0.15) is 50.8 Å². The Balaban J connectivity index is 1.07. The van der Waals surface area contributed by atoms with Crippen molar-refractivity contribution >= 4 is 33.6 Å². The van der Waals surface area contributed by atoms with Gasteiger partial charge in [0.15, 0.2) is 0 Å². The molecule has 0 saturated carbocycles. The lowest BCUT2D eigenvalue weighted by Crippen LogP contribution is -2.59. The number of alkyl halides is 3. The fraction of sp³-hybridized carbons (Fsp3) is 0.545. The topological polar surface area (TPSA) is 145 Å². The van der Waals surface area contributed by atoms with E-state index in [9.17, 15) is 37.8 Å². The fourth-order valence-corrected chi connectivity index (χ4v) is 7.00. The van der Waals surface area contributed by atoms with Crippen molar-refractivity contribution in [3.8, 4) is 11.5 Å². The third-order valence-electron chi connectivity index (χ3n) is 8.84. The number of ether oxygens (including phenoxy) is 3. The van der Waals surface area contributed by atoms with Crippen LogP contribution in [0.2, 0.25) is 0 Å². The number of amides is 2. The van der Waals surface area contributed by atoms with Gasteiger partial charge in [-0.15, -0.1) is 0 Å². The molecule has 2 amide bonds. The zero-order chi connectivity index (χ0) is 35.6. The third-order valence-corrected chi connectivity index (χ3v) is 9.77. The van der Waals surface area contributed by atoms with E-state index in [1.165, 1.54) is 17.0 Å². The first-order valence-electron chi connectivity index (χ1n) is 16.0. The van der Waals surface area contributed by atoms with Gasteiger partial charge >= 0.3 is 23.0 Å². The van der Waals surface area contributed by atoms with Crippen molar-refractivity contribution < 1.29 is 47.2 Å². The molecule has 0 aliphatic carbocycles. The number of H-pyrrole nitrogens is 1. The lowest BCUT2D eigenvalue weighted by molar-refractivity contribution is -0.200. The van der Waals surface area contributed by atoms with Crippen molar-refractivity contribution in [2.45, 2.75) is 63.6 Å². The van der Waals surface area contributed by atoms with Gasteiger partial charge < -0.3 is 39.2 Å². The van der Waals surface area contributed by atoms with Crippen LogP contribution < -0.4 is 9.61 Å². The summed E-state index contributed by atoms with van der Waals surface area (Å²) in [5.74, 6) is -1.31. The number of likely N-dealkylation sites (tertiary alicyclic amines) is 1. The van der Waals surface area contributed by atoms with Crippen LogP contribution in [0, 0.1) is 0 Å². The molecular formula is C33H41F3N4O8S. The minimum absolute atomic E-state index is 0.0196. The Hall–Kier alpha value is -3.86. The van der Waals surface area contributed by atoms with Crippen molar-refractivity contribution in [2.24, 2.45) is 0 Å². The number of phenolic OH excluding ortho intramolecular Hbond substituents is 1. The minimum atomic E-state index is -4.89. The quantitative estimate of drug-likeness (QED) is 0.294. The van der Waals surface area contributed by atoms with Crippen molar-refractivity contribution in [1.29, 1.82) is 0 Å². The number of benzene rings is 2. The molecule has 3 aromatic rings. The van der Waals surface area contributed by atoms with Crippen LogP contribution >= 0.6 is 11.3 Å². The van der Waals surface area contributed by atoms with Gasteiger partial charge in [0.1, 0.15) is 30.2 Å². The second kappa shape index (κ2) is 14.5. The predicted molar refractivity (Wildman–Crippen MR) is 175 cm³/mol. The highest BCUT2D eigenvalue weighted by Gasteiger charge is 2.48. The first-order valence-corrected chi connectivity index (χ1v) is 16.8. The van der Waals surface area contributed by atoms with Crippen molar-refractivity contribution in [3.63, 3.8) is 0 Å². The summed E-state index contributed by atoms with van der Waals surface area (Å²) in [5.41, 5.74) is -0.100. The maximum Gasteiger partial charge on any atom is 0.471 e. The number of carbonyl (C=O) groups is 2. The molecule has 0 unspecified atom stereocenters. The summed E-state index contributed by atoms with van der Waals surface area (Å²) >= 11 is 0.868. The van der Waals surface area contributed by atoms with Gasteiger partial charge in [0, 0.05) is 37.3 Å². The number of thiazole rings is 1. The number of nitrogens with one attached hydrogen (secondary N) is 1. The number of aromatic nitrogens is 1. The van der Waals surface area contributed by atoms with Crippen molar-refractivity contribution in [3.05, 3.63) is 57.2 Å². The fourth-order valence-electron chi connectivity index (χ4n) is 6.08. The maximum absolute atomic E-state index is 13.2. The Labute approximate surface area is 285 Å². The van der Waals surface area contributed by atoms with E-state index in [-0.39, 0.29) is 49.0 Å². The Morgan fingerprint density at radius 3 is 2.45 bits per heavy atom. The smallest absolute Gasteiger partial charge is 0.471 e. The molecule has 2 aromatic carbocycles. The Bertz CT molecular complexity index is 1680. The van der Waals surface area contributed by atoms with Crippen LogP contribution in [0.3, 0.4) is 0 Å². The summed E-state index contributed by atoms with van der Waals surface area (Å²) in [6, 6.07) is 9.99. The number of fused-ring (bicyclic) bond motifs is 1. The maximum atomic E-state index is 13.2. The molecule has 49 heavy (non-hydrogen) atoms. The molecule has 2 fully saturated rings. The average Bonchev–Trinajstić information content (AvgIpc) is 3.45. The predicted octanol–water partition coefficient (Wildman–Crippen LogP) is 4.40. The van der Waals surface area contributed by atoms with E-state index < -0.39 is 35.4 Å². The van der Waals surface area contributed by atoms with E-state index >= 15 is 0 Å². The number of aromatic amines is 1. The Morgan fingerprint density at radius 1 is 1.10 bits per heavy atom. The van der Waals surface area contributed by atoms with Crippen LogP contribution in [-0.2, 0) is 20.9 Å². The number of aliphatic hydroxyl groups excluding tert-OH is 1. The van der Waals surface area contributed by atoms with E-state index in [1.807, 2.05) is 20.8 Å². The van der Waals surface area contributed by atoms with Crippen LogP contribution in [0.25, 0.3) is 10.2 Å². The largest absolute Gasteiger partial charge is 0.506 e. The number of phenols is 1. The van der Waals surface area contributed by atoms with E-state index in [0.29, 0.717) is 55.1 Å². The van der Waals surface area contributed by atoms with Gasteiger partial charge in [-0.1, -0.05) is 29.5 Å². The first kappa shape index (κ1) is 36.4. The number of β-amino-alcohol motifs (C(OH)–C–C–N with tert-alkyl or cyclic N) is 1. The summed E-state index contributed by atoms with van der Waals surface area (Å²) in [6.45, 7) is 7.48. The first-order chi connectivity index (χ1) is 23.0. The number of hydrogen-bond acceptors (Lipinski definition) is 10. The highest BCUT2D eigenvalue weighted by atomic mass is 32.1. The second-order valence-corrected chi connectivity index (χ2v) is 14.3. The van der Waals surface area contributed by atoms with Gasteiger partial charge in [0.05, 0.1) is 36.1 Å². The lowest BCUT2D eigenvalue weighted by atomic mass is 9.89. The van der Waals surface area contributed by atoms with Crippen LogP contribution in [0.5, 0.6) is 11.5 Å². The monoisotopic (exact) mass is 710 g/mol. The van der Waals surface area contributed by atoms with Gasteiger partial charge in [0.25, 0.3) is 0 Å². The molecule has 12 nitrogen and oxygen atoms in total. The Morgan fingerprint density at radius 2 is 1.80 bits per heavy atom. The summed E-state index contributed by atoms with van der Waals surface area (Å²) in [6.07, 6.45) is -5.64. The Kier molecular flexibility index (Phi) is 10.8. The molecule has 1 spiro atoms. The molecule has 5 rings (SSSR count). The molecule has 3 heterocycles. The molecule has 0 bridgehead atoms. The van der Waals surface area contributed by atoms with E-state index in [0.717, 1.165) is 21.8 Å². The number of halogens is 3. The molecule has 2 saturated heterocycles. The van der Waals surface area contributed by atoms with Crippen LogP contribution in [-0.4, -0.2) is 112 Å². The number of piperidine rings is 1. The molecule has 0 radical (unpaired) electrons. The third kappa shape index (κ3) is 8.84. The van der Waals surface area contributed by atoms with E-state index in [4.69, 9.17) is 14.2 Å². The van der Waals surface area contributed by atoms with Gasteiger partial charge in [-0.3, -0.25) is 14.5 Å². The number of morpholine rings is 1. The molecule has 268 valence electrons. The average molecular weight is 711 g/mol. The second-order valence-electron chi connectivity index (χ2n) is 13.3. The lowest BCUT2D eigenvalue weighted by Gasteiger charge is -2.47. The highest BCUT2D eigenvalue weighted by Crippen LogP contribution is 2.34. The standard InChI is InChI=1S/C33H41F3N4O8S/c1-31(2,3)40(18-25(42)23-8-9-24(41)26-27(23)49-29(44)37-26)30(45)47-19-21-4-6-22(7-5-21)46-16-14-38-12-10-32(11-13-38)20-39(15-17-48-32)28(43)33(34,35)36/h4-9,25,41-42H,10-20H2,1-3H3,(H,37,44)/t25-/m0/s1. The normalized spacial score (nSPS) is 17.7. The number of rotatable bonds is 9. The number of nitrogens with zero attached hydrogens (tertiary/aromatic N) is 3. The molecule has 16 heteroatoms. The zero-order valence-electron chi connectivity index (χ0n) is 27.5. The summed E-state index contributed by atoms with van der Waals surface area (Å²) in [4.78, 5) is 43.4. The number of carbonyl (C=O) groups excluding carboxylic acids is 2. The minimum Gasteiger partial charge on any atom is -0.506 e. The summed E-state index contributed by atoms with van der Waals surface area (Å²) in [5, 5.41) is 21.2. The van der Waals surface area contributed by atoms with E-state index in [1.54, 1.807) is 24.3 Å². The summed E-state index contributed by atoms with van der Waals surface area (Å²) in [7, 11) is 0. The van der Waals surface area contributed by atoms with Gasteiger partial charge in [0.2, 0.25) is 0 Å². The number of aromatic hydroxyl groups is 1. The highest BCUT2D eigenvalue weighted by molar-refractivity contribution is 7.16. The molecular weight excluding hydrogens is 669 g/mol. The van der Waals surface area contributed by atoms with Gasteiger partial charge in [-0.2, -0.15) is 13.2 Å². The van der Waals surface area contributed by atoms with Gasteiger partial charge in [-0.05, 0) is 57.4 Å². The SMILES string of the molecule is CC(C)(C)N(C[C@H](O)c1ccc(O)c2[nH]c(=O)sc12)C(=O)OCc1ccc(OCCN2CCC3(CC2)CN(C(=O)C(F)(F)F)CCO3)cc1. The molecule has 1 aromatic heterocycles. The zero-order valence-corrected chi connectivity index (χ0v) is 28.4. The van der Waals surface area contributed by atoms with Crippen LogP contribution in [0.15, 0.2) is 41.2 Å². The summed E-state index contributed by atoms with van der Waals surface area (Å²) < 4.78 is 56.6. The molecule has 1 atom stereocenters. The van der Waals surface area contributed by atoms with Crippen molar-refractivity contribution in [1.82, 2.24) is 19.7 Å². The van der Waals surface area contributed by atoms with E-state index in [2.05, 4.69) is 9.88 Å². The molecule has 2 aliphatic heterocycles. The molecule has 2 aliphatic rings. The number of hydrogen-bond donors (Lipinski definition) is 3. The van der Waals surface area contributed by atoms with Crippen molar-refractivity contribution in [2.75, 3.05) is 52.5 Å². The molecule has 3 N–H and O–H groups in total. The van der Waals surface area contributed by atoms with Gasteiger partial charge in [-0.25, -0.2) is 4.79 Å². The van der Waals surface area contributed by atoms with Crippen LogP contribution in [0.4, 0.5) is 18.0 Å². The number of aliphatic hydroxyl groups is 1.